The maximum atomic E-state index is 6.08. The number of nitrogens with one attached hydrogen (secondary N) is 1. The van der Waals surface area contributed by atoms with Gasteiger partial charge in [-0.3, -0.25) is 0 Å². The van der Waals surface area contributed by atoms with E-state index in [-0.39, 0.29) is 12.1 Å². The zero-order valence-corrected chi connectivity index (χ0v) is 12.2. The van der Waals surface area contributed by atoms with E-state index in [1.54, 1.807) is 0 Å². The van der Waals surface area contributed by atoms with Gasteiger partial charge in [0.15, 0.2) is 0 Å². The second-order valence-electron chi connectivity index (χ2n) is 4.97. The van der Waals surface area contributed by atoms with Crippen LogP contribution in [0.1, 0.15) is 33.7 Å². The molecule has 19 heavy (non-hydrogen) atoms. The van der Waals surface area contributed by atoms with Crippen molar-refractivity contribution in [3.8, 4) is 0 Å². The SMILES string of the molecule is CNC(c1sccc1C)C1OCCc2ccccc21. The third-order valence-corrected chi connectivity index (χ3v) is 4.93. The number of hydrogen-bond donors (Lipinski definition) is 1. The summed E-state index contributed by atoms with van der Waals surface area (Å²) < 4.78 is 6.08. The van der Waals surface area contributed by atoms with E-state index in [1.807, 2.05) is 18.4 Å². The van der Waals surface area contributed by atoms with Crippen molar-refractivity contribution in [3.05, 3.63) is 57.3 Å². The van der Waals surface area contributed by atoms with Crippen LogP contribution in [0, 0.1) is 6.92 Å². The van der Waals surface area contributed by atoms with Gasteiger partial charge in [-0.25, -0.2) is 0 Å². The second-order valence-corrected chi connectivity index (χ2v) is 5.92. The van der Waals surface area contributed by atoms with Crippen molar-refractivity contribution in [3.63, 3.8) is 0 Å². The van der Waals surface area contributed by atoms with Crippen LogP contribution in [0.4, 0.5) is 0 Å². The molecular formula is C16H19NOS. The lowest BCUT2D eigenvalue weighted by atomic mass is 9.92. The molecule has 1 aliphatic heterocycles. The van der Waals surface area contributed by atoms with E-state index in [0.717, 1.165) is 13.0 Å². The van der Waals surface area contributed by atoms with Crippen molar-refractivity contribution in [2.24, 2.45) is 0 Å². The minimum atomic E-state index is 0.118. The molecule has 0 bridgehead atoms. The molecule has 1 aliphatic rings. The highest BCUT2D eigenvalue weighted by atomic mass is 32.1. The van der Waals surface area contributed by atoms with Crippen LogP contribution in [0.5, 0.6) is 0 Å². The number of aryl methyl sites for hydroxylation is 1. The summed E-state index contributed by atoms with van der Waals surface area (Å²) in [5.74, 6) is 0. The number of thiophene rings is 1. The summed E-state index contributed by atoms with van der Waals surface area (Å²) in [6.07, 6.45) is 1.14. The Labute approximate surface area is 118 Å². The largest absolute Gasteiger partial charge is 0.371 e. The third-order valence-electron chi connectivity index (χ3n) is 3.83. The first-order valence-electron chi connectivity index (χ1n) is 6.72. The molecule has 2 heterocycles. The first-order valence-corrected chi connectivity index (χ1v) is 7.60. The zero-order chi connectivity index (χ0) is 13.2. The summed E-state index contributed by atoms with van der Waals surface area (Å²) in [6, 6.07) is 11.1. The number of benzene rings is 1. The van der Waals surface area contributed by atoms with Gasteiger partial charge in [-0.1, -0.05) is 24.3 Å². The first kappa shape index (κ1) is 12.9. The van der Waals surface area contributed by atoms with Crippen molar-refractivity contribution in [2.75, 3.05) is 13.7 Å². The Balaban J connectivity index is 2.00. The van der Waals surface area contributed by atoms with Crippen LogP contribution >= 0.6 is 11.3 Å². The molecule has 2 aromatic rings. The summed E-state index contributed by atoms with van der Waals surface area (Å²) in [6.45, 7) is 2.98. The average molecular weight is 273 g/mol. The normalized spacial score (nSPS) is 20.0. The van der Waals surface area contributed by atoms with Crippen LogP contribution < -0.4 is 5.32 Å². The lowest BCUT2D eigenvalue weighted by molar-refractivity contribution is 0.0173. The van der Waals surface area contributed by atoms with Crippen LogP contribution in [-0.2, 0) is 11.2 Å². The van der Waals surface area contributed by atoms with E-state index in [9.17, 15) is 0 Å². The van der Waals surface area contributed by atoms with Gasteiger partial charge in [-0.05, 0) is 48.5 Å². The van der Waals surface area contributed by atoms with Crippen LogP contribution in [0.25, 0.3) is 0 Å². The van der Waals surface area contributed by atoms with E-state index >= 15 is 0 Å². The predicted molar refractivity (Wildman–Crippen MR) is 79.7 cm³/mol. The summed E-state index contributed by atoms with van der Waals surface area (Å²) in [4.78, 5) is 1.38. The number of likely N-dealkylation sites (N-methyl/N-ethyl adjacent to an activating group) is 1. The van der Waals surface area contributed by atoms with Gasteiger partial charge < -0.3 is 10.1 Å². The first-order chi connectivity index (χ1) is 9.31. The van der Waals surface area contributed by atoms with Gasteiger partial charge in [-0.15, -0.1) is 11.3 Å². The number of fused-ring (bicyclic) bond motifs is 1. The fraction of sp³-hybridized carbons (Fsp3) is 0.375. The maximum absolute atomic E-state index is 6.08. The van der Waals surface area contributed by atoms with Gasteiger partial charge in [0.2, 0.25) is 0 Å². The van der Waals surface area contributed by atoms with Gasteiger partial charge in [0.25, 0.3) is 0 Å². The van der Waals surface area contributed by atoms with Gasteiger partial charge in [-0.2, -0.15) is 0 Å². The Morgan fingerprint density at radius 1 is 1.32 bits per heavy atom. The summed E-state index contributed by atoms with van der Waals surface area (Å²) in [5.41, 5.74) is 4.10. The second kappa shape index (κ2) is 5.45. The number of ether oxygens (including phenoxy) is 1. The highest BCUT2D eigenvalue weighted by molar-refractivity contribution is 7.10. The molecule has 2 unspecified atom stereocenters. The van der Waals surface area contributed by atoms with Crippen molar-refractivity contribution in [2.45, 2.75) is 25.5 Å². The standard InChI is InChI=1S/C16H19NOS/c1-11-8-10-19-16(11)14(17-2)15-13-6-4-3-5-12(13)7-9-18-15/h3-6,8,10,14-15,17H,7,9H2,1-2H3. The quantitative estimate of drug-likeness (QED) is 0.922. The molecule has 0 amide bonds. The van der Waals surface area contributed by atoms with Crippen LogP contribution in [-0.4, -0.2) is 13.7 Å². The van der Waals surface area contributed by atoms with Crippen molar-refractivity contribution in [1.82, 2.24) is 5.32 Å². The molecule has 0 spiro atoms. The Bertz CT molecular complexity index is 563. The molecule has 1 aromatic heterocycles. The van der Waals surface area contributed by atoms with Gasteiger partial charge in [0.05, 0.1) is 12.6 Å². The Morgan fingerprint density at radius 2 is 2.16 bits per heavy atom. The number of hydrogen-bond acceptors (Lipinski definition) is 3. The van der Waals surface area contributed by atoms with Crippen LogP contribution in [0.2, 0.25) is 0 Å². The molecule has 0 radical (unpaired) electrons. The molecule has 0 fully saturated rings. The van der Waals surface area contributed by atoms with E-state index < -0.39 is 0 Å². The monoisotopic (exact) mass is 273 g/mol. The zero-order valence-electron chi connectivity index (χ0n) is 11.3. The minimum absolute atomic E-state index is 0.118. The molecule has 0 saturated heterocycles. The molecule has 100 valence electrons. The molecule has 0 aliphatic carbocycles. The van der Waals surface area contributed by atoms with Crippen molar-refractivity contribution < 1.29 is 4.74 Å². The predicted octanol–water partition coefficient (Wildman–Crippen LogP) is 3.63. The molecule has 1 N–H and O–H groups in total. The lowest BCUT2D eigenvalue weighted by Crippen LogP contribution is -2.29. The lowest BCUT2D eigenvalue weighted by Gasteiger charge is -2.32. The van der Waals surface area contributed by atoms with E-state index in [4.69, 9.17) is 4.74 Å². The Morgan fingerprint density at radius 3 is 2.89 bits per heavy atom. The van der Waals surface area contributed by atoms with E-state index in [1.165, 1.54) is 21.6 Å². The average Bonchev–Trinajstić information content (AvgIpc) is 2.86. The van der Waals surface area contributed by atoms with E-state index in [2.05, 4.69) is 48.0 Å². The van der Waals surface area contributed by atoms with Crippen molar-refractivity contribution >= 4 is 11.3 Å². The van der Waals surface area contributed by atoms with Crippen molar-refractivity contribution in [1.29, 1.82) is 0 Å². The molecule has 3 rings (SSSR count). The van der Waals surface area contributed by atoms with Crippen LogP contribution in [0.15, 0.2) is 35.7 Å². The highest BCUT2D eigenvalue weighted by Gasteiger charge is 2.30. The Kier molecular flexibility index (Phi) is 3.69. The fourth-order valence-electron chi connectivity index (χ4n) is 2.82. The molecular weight excluding hydrogens is 254 g/mol. The smallest absolute Gasteiger partial charge is 0.103 e. The number of rotatable bonds is 3. The van der Waals surface area contributed by atoms with Gasteiger partial charge >= 0.3 is 0 Å². The molecule has 3 heteroatoms. The summed E-state index contributed by atoms with van der Waals surface area (Å²) >= 11 is 1.81. The molecule has 0 saturated carbocycles. The topological polar surface area (TPSA) is 21.3 Å². The molecule has 2 atom stereocenters. The molecule has 1 aromatic carbocycles. The Hall–Kier alpha value is -1.16. The fourth-order valence-corrected chi connectivity index (χ4v) is 3.88. The molecule has 2 nitrogen and oxygen atoms in total. The minimum Gasteiger partial charge on any atom is -0.371 e. The highest BCUT2D eigenvalue weighted by Crippen LogP contribution is 2.39. The third kappa shape index (κ3) is 2.34. The summed E-state index contributed by atoms with van der Waals surface area (Å²) in [7, 11) is 2.02. The van der Waals surface area contributed by atoms with E-state index in [0.29, 0.717) is 0 Å². The van der Waals surface area contributed by atoms with Crippen LogP contribution in [0.3, 0.4) is 0 Å². The van der Waals surface area contributed by atoms with Gasteiger partial charge in [0, 0.05) is 4.88 Å². The summed E-state index contributed by atoms with van der Waals surface area (Å²) in [5, 5.41) is 5.60. The maximum Gasteiger partial charge on any atom is 0.103 e. The van der Waals surface area contributed by atoms with Gasteiger partial charge in [0.1, 0.15) is 6.10 Å².